The van der Waals surface area contributed by atoms with Crippen molar-refractivity contribution in [3.05, 3.63) is 102 Å². The minimum Gasteiger partial charge on any atom is -0.325 e. The molecule has 0 unspecified atom stereocenters. The van der Waals surface area contributed by atoms with Crippen LogP contribution in [-0.2, 0) is 17.6 Å². The zero-order valence-electron chi connectivity index (χ0n) is 17.4. The van der Waals surface area contributed by atoms with E-state index in [4.69, 9.17) is 0 Å². The minimum atomic E-state index is -0.0573. The smallest absolute Gasteiger partial charge is 0.234 e. The second-order valence-electron chi connectivity index (χ2n) is 7.08. The average Bonchev–Trinajstić information content (AvgIpc) is 3.21. The van der Waals surface area contributed by atoms with Gasteiger partial charge in [-0.1, -0.05) is 85.4 Å². The van der Waals surface area contributed by atoms with E-state index in [1.54, 1.807) is 0 Å². The number of aromatic nitrogens is 3. The van der Waals surface area contributed by atoms with Crippen LogP contribution in [0.3, 0.4) is 0 Å². The summed E-state index contributed by atoms with van der Waals surface area (Å²) in [6.45, 7) is 2.08. The van der Waals surface area contributed by atoms with Gasteiger partial charge in [-0.3, -0.25) is 9.36 Å². The van der Waals surface area contributed by atoms with Gasteiger partial charge >= 0.3 is 0 Å². The number of rotatable bonds is 8. The van der Waals surface area contributed by atoms with Gasteiger partial charge in [0.15, 0.2) is 5.16 Å². The summed E-state index contributed by atoms with van der Waals surface area (Å²) in [5, 5.41) is 12.6. The van der Waals surface area contributed by atoms with E-state index >= 15 is 0 Å². The highest BCUT2D eigenvalue weighted by Gasteiger charge is 2.16. The number of aryl methyl sites for hydroxylation is 1. The van der Waals surface area contributed by atoms with Crippen molar-refractivity contribution in [3.8, 4) is 5.69 Å². The van der Waals surface area contributed by atoms with E-state index in [1.807, 2.05) is 77.4 Å². The number of carbonyl (C=O) groups is 1. The molecule has 0 atom stereocenters. The maximum Gasteiger partial charge on any atom is 0.234 e. The fraction of sp³-hybridized carbons (Fsp3) is 0.160. The zero-order valence-corrected chi connectivity index (χ0v) is 18.2. The van der Waals surface area contributed by atoms with Crippen LogP contribution in [0.1, 0.15) is 23.9 Å². The van der Waals surface area contributed by atoms with E-state index in [0.717, 1.165) is 34.7 Å². The topological polar surface area (TPSA) is 59.8 Å². The molecule has 156 valence electrons. The summed E-state index contributed by atoms with van der Waals surface area (Å²) in [4.78, 5) is 12.6. The molecule has 4 aromatic rings. The number of para-hydroxylation sites is 2. The molecule has 0 bridgehead atoms. The Morgan fingerprint density at radius 1 is 0.903 bits per heavy atom. The molecule has 0 aliphatic heterocycles. The molecule has 4 rings (SSSR count). The lowest BCUT2D eigenvalue weighted by Crippen LogP contribution is -2.15. The third-order valence-electron chi connectivity index (χ3n) is 4.92. The molecule has 0 spiro atoms. The highest BCUT2D eigenvalue weighted by Crippen LogP contribution is 2.24. The van der Waals surface area contributed by atoms with Crippen LogP contribution in [0.15, 0.2) is 90.1 Å². The molecule has 0 aliphatic rings. The van der Waals surface area contributed by atoms with E-state index in [2.05, 4.69) is 34.6 Å². The van der Waals surface area contributed by atoms with Gasteiger partial charge in [-0.15, -0.1) is 10.2 Å². The Morgan fingerprint density at radius 3 is 2.32 bits per heavy atom. The van der Waals surface area contributed by atoms with Crippen molar-refractivity contribution < 1.29 is 4.79 Å². The molecule has 31 heavy (non-hydrogen) atoms. The number of benzene rings is 3. The third-order valence-corrected chi connectivity index (χ3v) is 5.85. The summed E-state index contributed by atoms with van der Waals surface area (Å²) in [5.74, 6) is 1.05. The van der Waals surface area contributed by atoms with Crippen LogP contribution in [0.4, 0.5) is 5.69 Å². The maximum absolute atomic E-state index is 12.6. The fourth-order valence-electron chi connectivity index (χ4n) is 3.39. The average molecular weight is 429 g/mol. The van der Waals surface area contributed by atoms with Crippen molar-refractivity contribution in [2.75, 3.05) is 11.1 Å². The predicted octanol–water partition coefficient (Wildman–Crippen LogP) is 5.15. The van der Waals surface area contributed by atoms with Crippen LogP contribution in [0, 0.1) is 0 Å². The summed E-state index contributed by atoms with van der Waals surface area (Å²) in [6, 6.07) is 28.1. The van der Waals surface area contributed by atoms with Crippen LogP contribution in [0.25, 0.3) is 5.69 Å². The second kappa shape index (κ2) is 10.1. The van der Waals surface area contributed by atoms with Gasteiger partial charge in [0.25, 0.3) is 0 Å². The van der Waals surface area contributed by atoms with Gasteiger partial charge in [-0.2, -0.15) is 0 Å². The normalized spacial score (nSPS) is 10.7. The Morgan fingerprint density at radius 2 is 1.58 bits per heavy atom. The van der Waals surface area contributed by atoms with E-state index < -0.39 is 0 Å². The lowest BCUT2D eigenvalue weighted by atomic mass is 10.1. The van der Waals surface area contributed by atoms with Crippen LogP contribution in [0.5, 0.6) is 0 Å². The first-order valence-electron chi connectivity index (χ1n) is 10.3. The van der Waals surface area contributed by atoms with E-state index in [0.29, 0.717) is 11.6 Å². The van der Waals surface area contributed by atoms with Crippen LogP contribution < -0.4 is 5.32 Å². The lowest BCUT2D eigenvalue weighted by molar-refractivity contribution is -0.113. The van der Waals surface area contributed by atoms with Crippen molar-refractivity contribution in [1.82, 2.24) is 14.8 Å². The van der Waals surface area contributed by atoms with Gasteiger partial charge in [-0.05, 0) is 35.7 Å². The zero-order chi connectivity index (χ0) is 21.5. The van der Waals surface area contributed by atoms with E-state index in [9.17, 15) is 4.79 Å². The molecule has 1 N–H and O–H groups in total. The van der Waals surface area contributed by atoms with Gasteiger partial charge in [0, 0.05) is 17.8 Å². The molecule has 1 aromatic heterocycles. The summed E-state index contributed by atoms with van der Waals surface area (Å²) in [6.07, 6.45) is 1.54. The molecule has 1 heterocycles. The Labute approximate surface area is 186 Å². The summed E-state index contributed by atoms with van der Waals surface area (Å²) in [5.41, 5.74) is 4.14. The second-order valence-corrected chi connectivity index (χ2v) is 8.02. The van der Waals surface area contributed by atoms with Crippen molar-refractivity contribution in [1.29, 1.82) is 0 Å². The molecule has 0 aliphatic carbocycles. The van der Waals surface area contributed by atoms with Crippen molar-refractivity contribution >= 4 is 23.4 Å². The Kier molecular flexibility index (Phi) is 6.79. The number of anilines is 1. The Hall–Kier alpha value is -3.38. The van der Waals surface area contributed by atoms with Crippen molar-refractivity contribution in [2.45, 2.75) is 24.9 Å². The first-order chi connectivity index (χ1) is 15.2. The fourth-order valence-corrected chi connectivity index (χ4v) is 4.16. The largest absolute Gasteiger partial charge is 0.325 e. The highest BCUT2D eigenvalue weighted by atomic mass is 32.2. The van der Waals surface area contributed by atoms with Gasteiger partial charge in [0.1, 0.15) is 5.82 Å². The molecule has 0 fully saturated rings. The molecule has 3 aromatic carbocycles. The van der Waals surface area contributed by atoms with Crippen LogP contribution >= 0.6 is 11.8 Å². The number of amides is 1. The number of nitrogens with one attached hydrogen (secondary N) is 1. The van der Waals surface area contributed by atoms with E-state index in [-0.39, 0.29) is 11.7 Å². The number of nitrogens with zero attached hydrogens (tertiary/aromatic N) is 3. The molecular weight excluding hydrogens is 404 g/mol. The number of thioether (sulfide) groups is 1. The first-order valence-corrected chi connectivity index (χ1v) is 11.3. The first kappa shape index (κ1) is 20.9. The molecular formula is C25H24N4OS. The molecule has 5 nitrogen and oxygen atoms in total. The van der Waals surface area contributed by atoms with Gasteiger partial charge in [0.05, 0.1) is 5.75 Å². The Bertz CT molecular complexity index is 1140. The summed E-state index contributed by atoms with van der Waals surface area (Å²) < 4.78 is 2.03. The van der Waals surface area contributed by atoms with Gasteiger partial charge in [-0.25, -0.2) is 0 Å². The quantitative estimate of drug-likeness (QED) is 0.394. The number of carbonyl (C=O) groups excluding carboxylic acids is 1. The number of hydrogen-bond donors (Lipinski definition) is 1. The predicted molar refractivity (Wildman–Crippen MR) is 126 cm³/mol. The SMILES string of the molecule is CCc1ccccc1NC(=O)CSc1nnc(Cc2ccccc2)n1-c1ccccc1. The van der Waals surface area contributed by atoms with Crippen molar-refractivity contribution in [2.24, 2.45) is 0 Å². The highest BCUT2D eigenvalue weighted by molar-refractivity contribution is 7.99. The maximum atomic E-state index is 12.6. The van der Waals surface area contributed by atoms with E-state index in [1.165, 1.54) is 11.8 Å². The number of hydrogen-bond acceptors (Lipinski definition) is 4. The summed E-state index contributed by atoms with van der Waals surface area (Å²) in [7, 11) is 0. The molecule has 0 saturated heterocycles. The monoisotopic (exact) mass is 428 g/mol. The summed E-state index contributed by atoms with van der Waals surface area (Å²) >= 11 is 1.39. The van der Waals surface area contributed by atoms with Crippen LogP contribution in [0.2, 0.25) is 0 Å². The molecule has 0 saturated carbocycles. The standard InChI is InChI=1S/C25H24N4OS/c1-2-20-13-9-10-16-22(20)26-24(30)18-31-25-28-27-23(17-19-11-5-3-6-12-19)29(25)21-14-7-4-8-15-21/h3-16H,2,17-18H2,1H3,(H,26,30). The molecule has 0 radical (unpaired) electrons. The molecule has 6 heteroatoms. The molecule has 1 amide bonds. The Balaban J connectivity index is 1.53. The lowest BCUT2D eigenvalue weighted by Gasteiger charge is -2.11. The third kappa shape index (κ3) is 5.22. The van der Waals surface area contributed by atoms with Crippen molar-refractivity contribution in [3.63, 3.8) is 0 Å². The van der Waals surface area contributed by atoms with Gasteiger partial charge < -0.3 is 5.32 Å². The van der Waals surface area contributed by atoms with Gasteiger partial charge in [0.2, 0.25) is 5.91 Å². The van der Waals surface area contributed by atoms with Crippen LogP contribution in [-0.4, -0.2) is 26.4 Å². The minimum absolute atomic E-state index is 0.0573.